The van der Waals surface area contributed by atoms with E-state index < -0.39 is 9.84 Å². The van der Waals surface area contributed by atoms with E-state index in [1.165, 1.54) is 6.07 Å². The minimum atomic E-state index is -3.03. The quantitative estimate of drug-likeness (QED) is 0.651. The number of carbonyl (C=O) groups excluding carboxylic acids is 2. The van der Waals surface area contributed by atoms with Crippen molar-refractivity contribution in [3.63, 3.8) is 0 Å². The molecule has 2 saturated heterocycles. The van der Waals surface area contributed by atoms with E-state index in [1.807, 2.05) is 4.90 Å². The number of rotatable bonds is 6. The van der Waals surface area contributed by atoms with Crippen LogP contribution in [0.15, 0.2) is 24.3 Å². The van der Waals surface area contributed by atoms with Crippen LogP contribution in [0.25, 0.3) is 0 Å². The van der Waals surface area contributed by atoms with Gasteiger partial charge >= 0.3 is 0 Å². The van der Waals surface area contributed by atoms with E-state index in [2.05, 4.69) is 10.2 Å². The number of para-hydroxylation sites is 2. The lowest BCUT2D eigenvalue weighted by molar-refractivity contribution is -0.135. The maximum Gasteiger partial charge on any atom is 0.237 e. The molecule has 0 unspecified atom stereocenters. The van der Waals surface area contributed by atoms with Gasteiger partial charge in [-0.2, -0.15) is 0 Å². The van der Waals surface area contributed by atoms with Gasteiger partial charge < -0.3 is 15.3 Å². The van der Waals surface area contributed by atoms with Gasteiger partial charge in [-0.15, -0.1) is 0 Å². The fourth-order valence-electron chi connectivity index (χ4n) is 4.49. The van der Waals surface area contributed by atoms with E-state index in [1.54, 1.807) is 18.2 Å². The van der Waals surface area contributed by atoms with Gasteiger partial charge in [0.1, 0.15) is 5.75 Å². The van der Waals surface area contributed by atoms with Crippen LogP contribution in [0.4, 0.5) is 5.69 Å². The molecule has 3 fully saturated rings. The van der Waals surface area contributed by atoms with E-state index in [4.69, 9.17) is 0 Å². The predicted octanol–water partition coefficient (Wildman–Crippen LogP) is 1.22. The summed E-state index contributed by atoms with van der Waals surface area (Å²) in [6, 6.07) is 6.66. The fraction of sp³-hybridized carbons (Fsp3) is 0.619. The molecule has 0 spiro atoms. The van der Waals surface area contributed by atoms with Gasteiger partial charge in [0, 0.05) is 18.0 Å². The second-order valence-electron chi connectivity index (χ2n) is 8.65. The van der Waals surface area contributed by atoms with Crippen LogP contribution < -0.4 is 5.32 Å². The summed E-state index contributed by atoms with van der Waals surface area (Å²) in [5, 5.41) is 12.6. The van der Waals surface area contributed by atoms with Gasteiger partial charge in [0.05, 0.1) is 23.7 Å². The molecule has 2 N–H and O–H groups in total. The molecule has 2 heterocycles. The highest BCUT2D eigenvalue weighted by Gasteiger charge is 2.42. The Hall–Kier alpha value is -2.13. The molecule has 9 heteroatoms. The minimum absolute atomic E-state index is 0.0108. The van der Waals surface area contributed by atoms with Gasteiger partial charge in [-0.25, -0.2) is 8.42 Å². The van der Waals surface area contributed by atoms with E-state index in [0.717, 1.165) is 12.8 Å². The zero-order valence-electron chi connectivity index (χ0n) is 17.0. The number of phenols is 1. The highest BCUT2D eigenvalue weighted by atomic mass is 32.2. The van der Waals surface area contributed by atoms with Crippen molar-refractivity contribution < 1.29 is 23.1 Å². The molecule has 1 saturated carbocycles. The molecule has 1 atom stereocenters. The molecule has 4 rings (SSSR count). The van der Waals surface area contributed by atoms with E-state index in [0.29, 0.717) is 38.0 Å². The lowest BCUT2D eigenvalue weighted by Gasteiger charge is -2.34. The van der Waals surface area contributed by atoms with Crippen LogP contribution in [0.5, 0.6) is 5.75 Å². The Bertz CT molecular complexity index is 907. The van der Waals surface area contributed by atoms with Gasteiger partial charge in [0.25, 0.3) is 0 Å². The molecular formula is C21H29N3O5S. The van der Waals surface area contributed by atoms with Crippen LogP contribution in [0.1, 0.15) is 32.1 Å². The normalized spacial score (nSPS) is 24.5. The van der Waals surface area contributed by atoms with Crippen LogP contribution in [0.3, 0.4) is 0 Å². The number of phenolic OH excluding ortho intramolecular Hbond substituents is 1. The summed E-state index contributed by atoms with van der Waals surface area (Å²) < 4.78 is 23.7. The molecule has 0 bridgehead atoms. The number of carbonyl (C=O) groups is 2. The summed E-state index contributed by atoms with van der Waals surface area (Å²) >= 11 is 0. The number of anilines is 1. The third-order valence-electron chi connectivity index (χ3n) is 6.31. The first-order valence-corrected chi connectivity index (χ1v) is 12.5. The van der Waals surface area contributed by atoms with Crippen molar-refractivity contribution in [1.82, 2.24) is 9.80 Å². The highest BCUT2D eigenvalue weighted by Crippen LogP contribution is 2.32. The first kappa shape index (κ1) is 21.1. The summed E-state index contributed by atoms with van der Waals surface area (Å²) in [5.41, 5.74) is 0.409. The van der Waals surface area contributed by atoms with E-state index in [-0.39, 0.29) is 53.6 Å². The number of piperidine rings is 1. The average molecular weight is 436 g/mol. The lowest BCUT2D eigenvalue weighted by Crippen LogP contribution is -2.49. The van der Waals surface area contributed by atoms with Crippen molar-refractivity contribution in [2.45, 2.75) is 44.2 Å². The van der Waals surface area contributed by atoms with Crippen molar-refractivity contribution in [3.05, 3.63) is 24.3 Å². The number of nitrogens with one attached hydrogen (secondary N) is 1. The van der Waals surface area contributed by atoms with Crippen LogP contribution >= 0.6 is 0 Å². The molecule has 164 valence electrons. The molecule has 0 aromatic heterocycles. The van der Waals surface area contributed by atoms with Crippen molar-refractivity contribution in [3.8, 4) is 5.75 Å². The topological polar surface area (TPSA) is 107 Å². The monoisotopic (exact) mass is 435 g/mol. The number of benzene rings is 1. The van der Waals surface area contributed by atoms with Crippen LogP contribution in [0.2, 0.25) is 0 Å². The molecule has 0 radical (unpaired) electrons. The SMILES string of the molecule is O=C(Nc1ccccc1O)C1CCN(CC(=O)N(C2CC2)[C@@H]2CCS(=O)(=O)C2)CC1. The fourth-order valence-corrected chi connectivity index (χ4v) is 6.20. The molecular weight excluding hydrogens is 406 g/mol. The Morgan fingerprint density at radius 1 is 1.07 bits per heavy atom. The molecule has 8 nitrogen and oxygen atoms in total. The Kier molecular flexibility index (Phi) is 6.02. The first-order valence-electron chi connectivity index (χ1n) is 10.7. The third-order valence-corrected chi connectivity index (χ3v) is 8.06. The van der Waals surface area contributed by atoms with E-state index in [9.17, 15) is 23.1 Å². The second-order valence-corrected chi connectivity index (χ2v) is 10.9. The van der Waals surface area contributed by atoms with Gasteiger partial charge in [0.15, 0.2) is 9.84 Å². The Morgan fingerprint density at radius 2 is 1.77 bits per heavy atom. The summed E-state index contributed by atoms with van der Waals surface area (Å²) in [6.45, 7) is 1.57. The highest BCUT2D eigenvalue weighted by molar-refractivity contribution is 7.91. The van der Waals surface area contributed by atoms with Crippen LogP contribution in [-0.2, 0) is 19.4 Å². The second kappa shape index (κ2) is 8.55. The van der Waals surface area contributed by atoms with Crippen LogP contribution in [-0.4, -0.2) is 78.4 Å². The maximum absolute atomic E-state index is 13.0. The zero-order chi connectivity index (χ0) is 21.3. The lowest BCUT2D eigenvalue weighted by atomic mass is 9.95. The van der Waals surface area contributed by atoms with E-state index >= 15 is 0 Å². The summed E-state index contributed by atoms with van der Waals surface area (Å²) in [4.78, 5) is 29.4. The Labute approximate surface area is 177 Å². The maximum atomic E-state index is 13.0. The van der Waals surface area contributed by atoms with Crippen molar-refractivity contribution in [1.29, 1.82) is 0 Å². The largest absolute Gasteiger partial charge is 0.506 e. The number of hydrogen-bond donors (Lipinski definition) is 2. The van der Waals surface area contributed by atoms with Gasteiger partial charge in [-0.1, -0.05) is 12.1 Å². The number of likely N-dealkylation sites (tertiary alicyclic amines) is 1. The zero-order valence-corrected chi connectivity index (χ0v) is 17.8. The molecule has 1 aromatic rings. The smallest absolute Gasteiger partial charge is 0.237 e. The Balaban J connectivity index is 1.28. The molecule has 2 aliphatic heterocycles. The number of aromatic hydroxyl groups is 1. The van der Waals surface area contributed by atoms with Crippen LogP contribution in [0, 0.1) is 5.92 Å². The van der Waals surface area contributed by atoms with Gasteiger partial charge in [0.2, 0.25) is 11.8 Å². The molecule has 3 aliphatic rings. The predicted molar refractivity (Wildman–Crippen MR) is 113 cm³/mol. The number of amides is 2. The first-order chi connectivity index (χ1) is 14.3. The number of hydrogen-bond acceptors (Lipinski definition) is 6. The van der Waals surface area contributed by atoms with Crippen molar-refractivity contribution in [2.75, 3.05) is 36.5 Å². The third kappa shape index (κ3) is 4.95. The molecule has 2 amide bonds. The van der Waals surface area contributed by atoms with Gasteiger partial charge in [-0.05, 0) is 57.3 Å². The van der Waals surface area contributed by atoms with Crippen molar-refractivity contribution >= 4 is 27.3 Å². The number of sulfone groups is 1. The average Bonchev–Trinajstić information content (AvgIpc) is 3.47. The molecule has 1 aliphatic carbocycles. The Morgan fingerprint density at radius 3 is 2.37 bits per heavy atom. The van der Waals surface area contributed by atoms with Crippen molar-refractivity contribution in [2.24, 2.45) is 5.92 Å². The molecule has 30 heavy (non-hydrogen) atoms. The summed E-state index contributed by atoms with van der Waals surface area (Å²) in [7, 11) is -3.03. The number of nitrogens with zero attached hydrogens (tertiary/aromatic N) is 2. The summed E-state index contributed by atoms with van der Waals surface area (Å²) in [5.74, 6) is 0.0449. The summed E-state index contributed by atoms with van der Waals surface area (Å²) in [6.07, 6.45) is 3.74. The minimum Gasteiger partial charge on any atom is -0.506 e. The van der Waals surface area contributed by atoms with Gasteiger partial charge in [-0.3, -0.25) is 14.5 Å². The molecule has 1 aromatic carbocycles. The standard InChI is InChI=1S/C21H29N3O5S/c25-19-4-2-1-3-18(19)22-21(27)15-7-10-23(11-8-15)13-20(26)24(16-5-6-16)17-9-12-30(28,29)14-17/h1-4,15-17,25H,5-14H2,(H,22,27)/t17-/m1/s1.